The Hall–Kier alpha value is -2.62. The van der Waals surface area contributed by atoms with Gasteiger partial charge in [-0.1, -0.05) is 30.3 Å². The predicted molar refractivity (Wildman–Crippen MR) is 75.4 cm³/mol. The number of benzene rings is 1. The lowest BCUT2D eigenvalue weighted by molar-refractivity contribution is 0.677. The molecule has 0 fully saturated rings. The summed E-state index contributed by atoms with van der Waals surface area (Å²) in [6.45, 7) is 0.583. The Morgan fingerprint density at radius 2 is 1.84 bits per heavy atom. The second-order valence-corrected chi connectivity index (χ2v) is 4.30. The fourth-order valence-electron chi connectivity index (χ4n) is 1.95. The molecule has 2 heterocycles. The Morgan fingerprint density at radius 1 is 1.00 bits per heavy atom. The lowest BCUT2D eigenvalue weighted by Crippen LogP contribution is -2.05. The summed E-state index contributed by atoms with van der Waals surface area (Å²) in [5.41, 5.74) is 9.48. The molecule has 0 bridgehead atoms. The molecular weight excluding hydrogens is 236 g/mol. The zero-order valence-corrected chi connectivity index (χ0v) is 10.4. The molecule has 94 valence electrons. The van der Waals surface area contributed by atoms with E-state index in [2.05, 4.69) is 10.1 Å². The van der Waals surface area contributed by atoms with E-state index < -0.39 is 0 Å². The van der Waals surface area contributed by atoms with Crippen molar-refractivity contribution in [3.05, 3.63) is 66.6 Å². The molecule has 2 N–H and O–H groups in total. The maximum absolute atomic E-state index is 5.88. The number of aromatic nitrogens is 3. The first-order chi connectivity index (χ1) is 9.33. The molecule has 3 rings (SSSR count). The average Bonchev–Trinajstić information content (AvgIpc) is 2.91. The summed E-state index contributed by atoms with van der Waals surface area (Å²) in [6, 6.07) is 15.8. The minimum Gasteiger partial charge on any atom is -0.397 e. The highest BCUT2D eigenvalue weighted by Crippen LogP contribution is 2.17. The van der Waals surface area contributed by atoms with Gasteiger partial charge in [0.1, 0.15) is 0 Å². The lowest BCUT2D eigenvalue weighted by Gasteiger charge is -2.04. The fraction of sp³-hybridized carbons (Fsp3) is 0.0667. The van der Waals surface area contributed by atoms with Crippen LogP contribution < -0.4 is 5.73 Å². The predicted octanol–water partition coefficient (Wildman–Crippen LogP) is 2.58. The Balaban J connectivity index is 1.85. The number of rotatable bonds is 3. The SMILES string of the molecule is Nc1cccnc1Cn1ccc(-c2ccccc2)n1. The number of nitrogens with two attached hydrogens (primary N) is 1. The van der Waals surface area contributed by atoms with Gasteiger partial charge >= 0.3 is 0 Å². The van der Waals surface area contributed by atoms with Crippen molar-refractivity contribution in [1.29, 1.82) is 0 Å². The van der Waals surface area contributed by atoms with E-state index in [1.54, 1.807) is 6.20 Å². The van der Waals surface area contributed by atoms with Crippen LogP contribution in [0.25, 0.3) is 11.3 Å². The van der Waals surface area contributed by atoms with Crippen LogP contribution in [-0.4, -0.2) is 14.8 Å². The van der Waals surface area contributed by atoms with Gasteiger partial charge in [0.15, 0.2) is 0 Å². The monoisotopic (exact) mass is 250 g/mol. The molecule has 19 heavy (non-hydrogen) atoms. The summed E-state index contributed by atoms with van der Waals surface area (Å²) in [6.07, 6.45) is 3.68. The molecule has 3 aromatic rings. The molecule has 0 aliphatic rings. The molecule has 0 unspecified atom stereocenters. The summed E-state index contributed by atoms with van der Waals surface area (Å²) in [4.78, 5) is 4.27. The zero-order chi connectivity index (χ0) is 13.1. The maximum atomic E-state index is 5.88. The van der Waals surface area contributed by atoms with Gasteiger partial charge in [-0.25, -0.2) is 0 Å². The van der Waals surface area contributed by atoms with E-state index in [0.29, 0.717) is 12.2 Å². The lowest BCUT2D eigenvalue weighted by atomic mass is 10.2. The topological polar surface area (TPSA) is 56.7 Å². The first-order valence-electron chi connectivity index (χ1n) is 6.11. The molecular formula is C15H14N4. The number of anilines is 1. The second-order valence-electron chi connectivity index (χ2n) is 4.30. The molecule has 0 amide bonds. The number of hydrogen-bond donors (Lipinski definition) is 1. The highest BCUT2D eigenvalue weighted by molar-refractivity contribution is 5.58. The molecule has 0 saturated carbocycles. The first-order valence-corrected chi connectivity index (χ1v) is 6.11. The van der Waals surface area contributed by atoms with Crippen LogP contribution in [0.15, 0.2) is 60.9 Å². The maximum Gasteiger partial charge on any atom is 0.0923 e. The van der Waals surface area contributed by atoms with Gasteiger partial charge in [-0.2, -0.15) is 5.10 Å². The Labute approximate surface area is 111 Å². The van der Waals surface area contributed by atoms with Crippen molar-refractivity contribution in [2.24, 2.45) is 0 Å². The third-order valence-corrected chi connectivity index (χ3v) is 2.95. The van der Waals surface area contributed by atoms with Crippen LogP contribution in [-0.2, 0) is 6.54 Å². The van der Waals surface area contributed by atoms with Crippen molar-refractivity contribution in [3.8, 4) is 11.3 Å². The molecule has 1 aromatic carbocycles. The van der Waals surface area contributed by atoms with Crippen molar-refractivity contribution >= 4 is 5.69 Å². The molecule has 0 atom stereocenters. The highest BCUT2D eigenvalue weighted by Gasteiger charge is 2.04. The number of hydrogen-bond acceptors (Lipinski definition) is 3. The van der Waals surface area contributed by atoms with E-state index in [-0.39, 0.29) is 0 Å². The van der Waals surface area contributed by atoms with Crippen LogP contribution in [0.2, 0.25) is 0 Å². The van der Waals surface area contributed by atoms with Crippen molar-refractivity contribution in [2.45, 2.75) is 6.54 Å². The first kappa shape index (κ1) is 11.5. The van der Waals surface area contributed by atoms with E-state index in [4.69, 9.17) is 5.73 Å². The van der Waals surface area contributed by atoms with E-state index >= 15 is 0 Å². The Morgan fingerprint density at radius 3 is 2.63 bits per heavy atom. The third kappa shape index (κ3) is 2.47. The largest absolute Gasteiger partial charge is 0.397 e. The van der Waals surface area contributed by atoms with Crippen molar-refractivity contribution in [3.63, 3.8) is 0 Å². The highest BCUT2D eigenvalue weighted by atomic mass is 15.3. The molecule has 0 aliphatic heterocycles. The van der Waals surface area contributed by atoms with Gasteiger partial charge in [0.2, 0.25) is 0 Å². The second kappa shape index (κ2) is 4.94. The van der Waals surface area contributed by atoms with Crippen molar-refractivity contribution in [2.75, 3.05) is 5.73 Å². The van der Waals surface area contributed by atoms with Crippen LogP contribution in [0.5, 0.6) is 0 Å². The van der Waals surface area contributed by atoms with Gasteiger partial charge in [0.25, 0.3) is 0 Å². The normalized spacial score (nSPS) is 10.5. The minimum atomic E-state index is 0.583. The molecule has 0 aliphatic carbocycles. The summed E-state index contributed by atoms with van der Waals surface area (Å²) in [5, 5.41) is 4.54. The molecule has 4 nitrogen and oxygen atoms in total. The molecule has 0 saturated heterocycles. The van der Waals surface area contributed by atoms with Gasteiger partial charge in [-0.05, 0) is 18.2 Å². The third-order valence-electron chi connectivity index (χ3n) is 2.95. The number of nitrogens with zero attached hydrogens (tertiary/aromatic N) is 3. The van der Waals surface area contributed by atoms with Gasteiger partial charge in [-0.15, -0.1) is 0 Å². The van der Waals surface area contributed by atoms with E-state index in [9.17, 15) is 0 Å². The molecule has 0 spiro atoms. The Kier molecular flexibility index (Phi) is 2.98. The van der Waals surface area contributed by atoms with Crippen LogP contribution in [0.1, 0.15) is 5.69 Å². The van der Waals surface area contributed by atoms with Gasteiger partial charge < -0.3 is 5.73 Å². The summed E-state index contributed by atoms with van der Waals surface area (Å²) < 4.78 is 1.85. The fourth-order valence-corrected chi connectivity index (χ4v) is 1.95. The number of nitrogen functional groups attached to an aromatic ring is 1. The standard InChI is InChI=1S/C15H14N4/c16-13-7-4-9-17-15(13)11-19-10-8-14(18-19)12-5-2-1-3-6-12/h1-10H,11,16H2. The smallest absolute Gasteiger partial charge is 0.0923 e. The van der Waals surface area contributed by atoms with Crippen LogP contribution in [0.3, 0.4) is 0 Å². The molecule has 4 heteroatoms. The van der Waals surface area contributed by atoms with Crippen molar-refractivity contribution < 1.29 is 0 Å². The van der Waals surface area contributed by atoms with E-state index in [1.165, 1.54) is 0 Å². The van der Waals surface area contributed by atoms with E-state index in [1.807, 2.05) is 59.4 Å². The van der Waals surface area contributed by atoms with Gasteiger partial charge in [-0.3, -0.25) is 9.67 Å². The van der Waals surface area contributed by atoms with Crippen LogP contribution in [0.4, 0.5) is 5.69 Å². The average molecular weight is 250 g/mol. The molecule has 0 radical (unpaired) electrons. The van der Waals surface area contributed by atoms with E-state index in [0.717, 1.165) is 17.0 Å². The number of pyridine rings is 1. The van der Waals surface area contributed by atoms with Crippen molar-refractivity contribution in [1.82, 2.24) is 14.8 Å². The van der Waals surface area contributed by atoms with Gasteiger partial charge in [0, 0.05) is 18.0 Å². The summed E-state index contributed by atoms with van der Waals surface area (Å²) >= 11 is 0. The minimum absolute atomic E-state index is 0.583. The van der Waals surface area contributed by atoms with Crippen LogP contribution in [0, 0.1) is 0 Å². The molecule has 2 aromatic heterocycles. The van der Waals surface area contributed by atoms with Crippen LogP contribution >= 0.6 is 0 Å². The zero-order valence-electron chi connectivity index (χ0n) is 10.4. The summed E-state index contributed by atoms with van der Waals surface area (Å²) in [5.74, 6) is 0. The Bertz CT molecular complexity index is 673. The summed E-state index contributed by atoms with van der Waals surface area (Å²) in [7, 11) is 0. The van der Waals surface area contributed by atoms with Gasteiger partial charge in [0.05, 0.1) is 23.6 Å². The quantitative estimate of drug-likeness (QED) is 0.777.